The highest BCUT2D eigenvalue weighted by molar-refractivity contribution is 7.89. The van der Waals surface area contributed by atoms with Crippen LogP contribution in [0.1, 0.15) is 31.0 Å². The first-order valence-corrected chi connectivity index (χ1v) is 8.73. The first-order chi connectivity index (χ1) is 10.4. The Morgan fingerprint density at radius 3 is 2.41 bits per heavy atom. The van der Waals surface area contributed by atoms with Crippen LogP contribution in [-0.4, -0.2) is 15.0 Å². The molecule has 2 rings (SSSR count). The zero-order valence-corrected chi connectivity index (χ0v) is 13.9. The Morgan fingerprint density at radius 1 is 1.14 bits per heavy atom. The van der Waals surface area contributed by atoms with E-state index in [0.717, 1.165) is 11.1 Å². The standard InChI is InChI=1S/C17H21NO3S/c1-4-21-17-11-10-16(12-13(17)2)22(19,20)18-14(3)15-8-6-5-7-9-15/h5-12,14,18H,4H2,1-3H3/t14-/m0/s1. The summed E-state index contributed by atoms with van der Waals surface area (Å²) in [5, 5.41) is 0. The average molecular weight is 319 g/mol. The number of ether oxygens (including phenoxy) is 1. The lowest BCUT2D eigenvalue weighted by atomic mass is 10.1. The van der Waals surface area contributed by atoms with Gasteiger partial charge in [0.25, 0.3) is 0 Å². The maximum atomic E-state index is 12.5. The van der Waals surface area contributed by atoms with Crippen LogP contribution >= 0.6 is 0 Å². The van der Waals surface area contributed by atoms with Gasteiger partial charge in [0, 0.05) is 6.04 Å². The Bertz CT molecular complexity index is 727. The van der Waals surface area contributed by atoms with Gasteiger partial charge in [-0.25, -0.2) is 13.1 Å². The van der Waals surface area contributed by atoms with E-state index in [9.17, 15) is 8.42 Å². The van der Waals surface area contributed by atoms with E-state index >= 15 is 0 Å². The third-order valence-electron chi connectivity index (χ3n) is 3.39. The number of aryl methyl sites for hydroxylation is 1. The molecule has 1 atom stereocenters. The summed E-state index contributed by atoms with van der Waals surface area (Å²) >= 11 is 0. The Hall–Kier alpha value is -1.85. The monoisotopic (exact) mass is 319 g/mol. The summed E-state index contributed by atoms with van der Waals surface area (Å²) in [4.78, 5) is 0.247. The van der Waals surface area contributed by atoms with Crippen LogP contribution in [0.3, 0.4) is 0 Å². The maximum Gasteiger partial charge on any atom is 0.241 e. The van der Waals surface area contributed by atoms with Crippen molar-refractivity contribution in [2.75, 3.05) is 6.61 Å². The Labute approximate surface area is 132 Å². The highest BCUT2D eigenvalue weighted by atomic mass is 32.2. The van der Waals surface area contributed by atoms with Gasteiger partial charge in [0.2, 0.25) is 10.0 Å². The quantitative estimate of drug-likeness (QED) is 0.887. The predicted molar refractivity (Wildman–Crippen MR) is 87.5 cm³/mol. The van der Waals surface area contributed by atoms with Crippen LogP contribution in [0.25, 0.3) is 0 Å². The minimum atomic E-state index is -3.57. The molecule has 2 aromatic carbocycles. The average Bonchev–Trinajstić information content (AvgIpc) is 2.50. The molecule has 22 heavy (non-hydrogen) atoms. The second-order valence-corrected chi connectivity index (χ2v) is 6.83. The molecule has 4 nitrogen and oxygen atoms in total. The van der Waals surface area contributed by atoms with Crippen LogP contribution in [0.15, 0.2) is 53.4 Å². The molecule has 0 saturated heterocycles. The molecule has 0 bridgehead atoms. The molecule has 0 amide bonds. The molecule has 5 heteroatoms. The van der Waals surface area contributed by atoms with Crippen molar-refractivity contribution in [2.24, 2.45) is 0 Å². The van der Waals surface area contributed by atoms with Crippen molar-refractivity contribution in [3.05, 3.63) is 59.7 Å². The molecule has 0 unspecified atom stereocenters. The number of nitrogens with one attached hydrogen (secondary N) is 1. The topological polar surface area (TPSA) is 55.4 Å². The SMILES string of the molecule is CCOc1ccc(S(=O)(=O)N[C@@H](C)c2ccccc2)cc1C. The fourth-order valence-electron chi connectivity index (χ4n) is 2.22. The highest BCUT2D eigenvalue weighted by Crippen LogP contribution is 2.23. The zero-order valence-electron chi connectivity index (χ0n) is 13.0. The normalized spacial score (nSPS) is 12.9. The van der Waals surface area contributed by atoms with Gasteiger partial charge < -0.3 is 4.74 Å². The summed E-state index contributed by atoms with van der Waals surface area (Å²) in [6, 6.07) is 14.1. The van der Waals surface area contributed by atoms with Gasteiger partial charge in [0.15, 0.2) is 0 Å². The lowest BCUT2D eigenvalue weighted by Gasteiger charge is -2.15. The van der Waals surface area contributed by atoms with Crippen molar-refractivity contribution in [1.82, 2.24) is 4.72 Å². The smallest absolute Gasteiger partial charge is 0.241 e. The summed E-state index contributed by atoms with van der Waals surface area (Å²) in [5.74, 6) is 0.706. The highest BCUT2D eigenvalue weighted by Gasteiger charge is 2.19. The summed E-state index contributed by atoms with van der Waals surface area (Å²) in [6.07, 6.45) is 0. The molecule has 0 saturated carbocycles. The summed E-state index contributed by atoms with van der Waals surface area (Å²) in [6.45, 7) is 6.11. The molecule has 0 aromatic heterocycles. The van der Waals surface area contributed by atoms with E-state index in [1.807, 2.05) is 51.1 Å². The van der Waals surface area contributed by atoms with Gasteiger partial charge in [-0.15, -0.1) is 0 Å². The van der Waals surface area contributed by atoms with Gasteiger partial charge in [0.05, 0.1) is 11.5 Å². The van der Waals surface area contributed by atoms with Gasteiger partial charge in [0.1, 0.15) is 5.75 Å². The lowest BCUT2D eigenvalue weighted by Crippen LogP contribution is -2.26. The van der Waals surface area contributed by atoms with Gasteiger partial charge in [-0.3, -0.25) is 0 Å². The second kappa shape index (κ2) is 6.94. The van der Waals surface area contributed by atoms with Crippen LogP contribution in [0.2, 0.25) is 0 Å². The minimum Gasteiger partial charge on any atom is -0.494 e. The molecule has 118 valence electrons. The van der Waals surface area contributed by atoms with E-state index in [-0.39, 0.29) is 10.9 Å². The van der Waals surface area contributed by atoms with Gasteiger partial charge in [-0.2, -0.15) is 0 Å². The van der Waals surface area contributed by atoms with Gasteiger partial charge in [-0.1, -0.05) is 30.3 Å². The largest absolute Gasteiger partial charge is 0.494 e. The third-order valence-corrected chi connectivity index (χ3v) is 4.93. The van der Waals surface area contributed by atoms with Crippen molar-refractivity contribution < 1.29 is 13.2 Å². The van der Waals surface area contributed by atoms with E-state index in [4.69, 9.17) is 4.74 Å². The third kappa shape index (κ3) is 3.87. The summed E-state index contributed by atoms with van der Waals surface area (Å²) in [5.41, 5.74) is 1.73. The van der Waals surface area contributed by atoms with Crippen molar-refractivity contribution >= 4 is 10.0 Å². The van der Waals surface area contributed by atoms with E-state index in [1.165, 1.54) is 0 Å². The van der Waals surface area contributed by atoms with Crippen LogP contribution in [0.4, 0.5) is 0 Å². The van der Waals surface area contributed by atoms with Gasteiger partial charge >= 0.3 is 0 Å². The molecule has 0 radical (unpaired) electrons. The second-order valence-electron chi connectivity index (χ2n) is 5.11. The molecule has 0 aliphatic heterocycles. The molecule has 2 aromatic rings. The molecular weight excluding hydrogens is 298 g/mol. The van der Waals surface area contributed by atoms with Crippen LogP contribution in [0, 0.1) is 6.92 Å². The molecule has 0 aliphatic carbocycles. The van der Waals surface area contributed by atoms with E-state index in [0.29, 0.717) is 12.4 Å². The van der Waals surface area contributed by atoms with E-state index in [1.54, 1.807) is 18.2 Å². The molecule has 0 fully saturated rings. The number of hydrogen-bond donors (Lipinski definition) is 1. The first-order valence-electron chi connectivity index (χ1n) is 7.24. The minimum absolute atomic E-state index is 0.247. The van der Waals surface area contributed by atoms with Gasteiger partial charge in [-0.05, 0) is 50.1 Å². The number of benzene rings is 2. The van der Waals surface area contributed by atoms with Crippen molar-refractivity contribution in [2.45, 2.75) is 31.7 Å². The van der Waals surface area contributed by atoms with Crippen molar-refractivity contribution in [3.8, 4) is 5.75 Å². The van der Waals surface area contributed by atoms with Crippen LogP contribution in [0.5, 0.6) is 5.75 Å². The fraction of sp³-hybridized carbons (Fsp3) is 0.294. The Balaban J connectivity index is 2.22. The molecular formula is C17H21NO3S. The van der Waals surface area contributed by atoms with Crippen LogP contribution < -0.4 is 9.46 Å². The molecule has 0 heterocycles. The molecule has 0 spiro atoms. The summed E-state index contributed by atoms with van der Waals surface area (Å²) in [7, 11) is -3.57. The van der Waals surface area contributed by atoms with Crippen LogP contribution in [-0.2, 0) is 10.0 Å². The molecule has 1 N–H and O–H groups in total. The zero-order chi connectivity index (χ0) is 16.2. The predicted octanol–water partition coefficient (Wildman–Crippen LogP) is 3.43. The summed E-state index contributed by atoms with van der Waals surface area (Å²) < 4.78 is 33.1. The number of sulfonamides is 1. The van der Waals surface area contributed by atoms with E-state index < -0.39 is 10.0 Å². The maximum absolute atomic E-state index is 12.5. The fourth-order valence-corrected chi connectivity index (χ4v) is 3.53. The first kappa shape index (κ1) is 16.5. The Morgan fingerprint density at radius 2 is 1.82 bits per heavy atom. The Kier molecular flexibility index (Phi) is 5.21. The van der Waals surface area contributed by atoms with Crippen molar-refractivity contribution in [3.63, 3.8) is 0 Å². The number of rotatable bonds is 6. The number of hydrogen-bond acceptors (Lipinski definition) is 3. The lowest BCUT2D eigenvalue weighted by molar-refractivity contribution is 0.337. The van der Waals surface area contributed by atoms with E-state index in [2.05, 4.69) is 4.72 Å². The van der Waals surface area contributed by atoms with Crippen molar-refractivity contribution in [1.29, 1.82) is 0 Å². The molecule has 0 aliphatic rings.